The number of esters is 1. The topological polar surface area (TPSA) is 87.5 Å². The Morgan fingerprint density at radius 3 is 2.40 bits per heavy atom. The average molecular weight is 356 g/mol. The molecular weight excluding hydrogens is 340 g/mol. The van der Waals surface area contributed by atoms with E-state index in [-0.39, 0.29) is 17.9 Å². The molecule has 0 saturated carbocycles. The van der Waals surface area contributed by atoms with Gasteiger partial charge in [-0.3, -0.25) is 4.79 Å². The molecule has 128 valence electrons. The molecule has 1 unspecified atom stereocenters. The van der Waals surface area contributed by atoms with Crippen LogP contribution in [0, 0.1) is 11.3 Å². The number of hydrogen-bond donors (Lipinski definition) is 0. The molecule has 0 aliphatic carbocycles. The van der Waals surface area contributed by atoms with Gasteiger partial charge in [0.1, 0.15) is 6.04 Å². The molecule has 0 radical (unpaired) electrons. The highest BCUT2D eigenvalue weighted by molar-refractivity contribution is 7.89. The molecule has 0 spiro atoms. The van der Waals surface area contributed by atoms with E-state index in [1.54, 1.807) is 0 Å². The second kappa shape index (κ2) is 6.67. The zero-order chi connectivity index (χ0) is 18.0. The van der Waals surface area contributed by atoms with Gasteiger partial charge in [-0.05, 0) is 35.4 Å². The third kappa shape index (κ3) is 3.14. The maximum absolute atomic E-state index is 13.1. The van der Waals surface area contributed by atoms with Crippen LogP contribution in [-0.2, 0) is 32.5 Å². The van der Waals surface area contributed by atoms with Gasteiger partial charge in [-0.1, -0.05) is 24.3 Å². The summed E-state index contributed by atoms with van der Waals surface area (Å²) in [6.07, 6.45) is 0.262. The lowest BCUT2D eigenvalue weighted by molar-refractivity contribution is -0.145. The molecule has 0 fully saturated rings. The third-order valence-electron chi connectivity index (χ3n) is 4.27. The fourth-order valence-corrected chi connectivity index (χ4v) is 4.48. The molecule has 0 saturated heterocycles. The van der Waals surface area contributed by atoms with Crippen LogP contribution < -0.4 is 0 Å². The van der Waals surface area contributed by atoms with Gasteiger partial charge in [-0.25, -0.2) is 8.42 Å². The van der Waals surface area contributed by atoms with Crippen LogP contribution in [0.25, 0.3) is 0 Å². The Labute approximate surface area is 146 Å². The lowest BCUT2D eigenvalue weighted by Gasteiger charge is -2.34. The maximum atomic E-state index is 13.1. The largest absolute Gasteiger partial charge is 0.468 e. The van der Waals surface area contributed by atoms with Crippen LogP contribution in [0.2, 0.25) is 0 Å². The van der Waals surface area contributed by atoms with Crippen LogP contribution in [0.3, 0.4) is 0 Å². The molecule has 2 aromatic carbocycles. The van der Waals surface area contributed by atoms with Crippen molar-refractivity contribution < 1.29 is 17.9 Å². The third-order valence-corrected chi connectivity index (χ3v) is 6.14. The number of sulfonamides is 1. The minimum absolute atomic E-state index is 0.0415. The molecule has 0 bridgehead atoms. The molecule has 2 aromatic rings. The molecule has 0 amide bonds. The van der Waals surface area contributed by atoms with Crippen LogP contribution >= 0.6 is 0 Å². The number of carbonyl (C=O) groups excluding carboxylic acids is 1. The van der Waals surface area contributed by atoms with E-state index in [2.05, 4.69) is 0 Å². The summed E-state index contributed by atoms with van der Waals surface area (Å²) >= 11 is 0. The Kier molecular flexibility index (Phi) is 4.57. The Morgan fingerprint density at radius 2 is 1.80 bits per heavy atom. The van der Waals surface area contributed by atoms with Crippen molar-refractivity contribution in [2.24, 2.45) is 0 Å². The predicted molar refractivity (Wildman–Crippen MR) is 89.8 cm³/mol. The molecule has 7 heteroatoms. The first kappa shape index (κ1) is 17.1. The standard InChI is InChI=1S/C18H16N2O4S/c1-24-18(21)17-10-14-4-2-3-5-15(14)12-20(17)25(22,23)16-8-6-13(11-19)7-9-16/h2-9,17H,10,12H2,1H3. The zero-order valence-electron chi connectivity index (χ0n) is 13.5. The minimum atomic E-state index is -3.91. The molecule has 25 heavy (non-hydrogen) atoms. The van der Waals surface area contributed by atoms with Crippen molar-refractivity contribution in [1.82, 2.24) is 4.31 Å². The highest BCUT2D eigenvalue weighted by atomic mass is 32.2. The van der Waals surface area contributed by atoms with E-state index < -0.39 is 22.0 Å². The fourth-order valence-electron chi connectivity index (χ4n) is 2.93. The summed E-state index contributed by atoms with van der Waals surface area (Å²) in [6, 6.07) is 14.1. The minimum Gasteiger partial charge on any atom is -0.468 e. The number of benzene rings is 2. The summed E-state index contributed by atoms with van der Waals surface area (Å²) in [5, 5.41) is 8.86. The van der Waals surface area contributed by atoms with E-state index in [9.17, 15) is 13.2 Å². The number of carbonyl (C=O) groups is 1. The molecule has 1 heterocycles. The van der Waals surface area contributed by atoms with Crippen LogP contribution in [-0.4, -0.2) is 31.8 Å². The van der Waals surface area contributed by atoms with Crippen LogP contribution in [0.4, 0.5) is 0 Å². The number of methoxy groups -OCH3 is 1. The van der Waals surface area contributed by atoms with Crippen molar-refractivity contribution in [3.05, 3.63) is 65.2 Å². The normalized spacial score (nSPS) is 17.4. The van der Waals surface area contributed by atoms with E-state index in [1.807, 2.05) is 30.3 Å². The quantitative estimate of drug-likeness (QED) is 0.783. The first-order chi connectivity index (χ1) is 12.0. The number of hydrogen-bond acceptors (Lipinski definition) is 5. The second-order valence-corrected chi connectivity index (χ2v) is 7.59. The number of nitriles is 1. The summed E-state index contributed by atoms with van der Waals surface area (Å²) in [5.41, 5.74) is 2.16. The fraction of sp³-hybridized carbons (Fsp3) is 0.222. The van der Waals surface area contributed by atoms with Crippen LogP contribution in [0.1, 0.15) is 16.7 Å². The Morgan fingerprint density at radius 1 is 1.16 bits per heavy atom. The van der Waals surface area contributed by atoms with Crippen LogP contribution in [0.15, 0.2) is 53.4 Å². The Bertz CT molecular complexity index is 946. The van der Waals surface area contributed by atoms with Crippen molar-refractivity contribution in [3.8, 4) is 6.07 Å². The molecule has 6 nitrogen and oxygen atoms in total. The monoisotopic (exact) mass is 356 g/mol. The van der Waals surface area contributed by atoms with Gasteiger partial charge in [0.25, 0.3) is 0 Å². The smallest absolute Gasteiger partial charge is 0.324 e. The first-order valence-corrected chi connectivity index (χ1v) is 9.08. The molecule has 1 aliphatic heterocycles. The molecule has 0 aromatic heterocycles. The number of nitrogens with zero attached hydrogens (tertiary/aromatic N) is 2. The average Bonchev–Trinajstić information content (AvgIpc) is 2.66. The number of ether oxygens (including phenoxy) is 1. The first-order valence-electron chi connectivity index (χ1n) is 7.64. The number of fused-ring (bicyclic) bond motifs is 1. The van der Waals surface area contributed by atoms with E-state index in [0.29, 0.717) is 5.56 Å². The summed E-state index contributed by atoms with van der Waals surface area (Å²) in [5.74, 6) is -0.591. The van der Waals surface area contributed by atoms with Gasteiger partial charge >= 0.3 is 5.97 Å². The highest BCUT2D eigenvalue weighted by Gasteiger charge is 2.40. The summed E-state index contributed by atoms with van der Waals surface area (Å²) in [7, 11) is -2.67. The maximum Gasteiger partial charge on any atom is 0.324 e. The Hall–Kier alpha value is -2.69. The SMILES string of the molecule is COC(=O)C1Cc2ccccc2CN1S(=O)(=O)c1ccc(C#N)cc1. The van der Waals surface area contributed by atoms with E-state index in [4.69, 9.17) is 10.00 Å². The van der Waals surface area contributed by atoms with Gasteiger partial charge in [0.2, 0.25) is 10.0 Å². The number of rotatable bonds is 3. The van der Waals surface area contributed by atoms with Crippen molar-refractivity contribution in [3.63, 3.8) is 0 Å². The van der Waals surface area contributed by atoms with Crippen LogP contribution in [0.5, 0.6) is 0 Å². The Balaban J connectivity index is 2.05. The molecular formula is C18H16N2O4S. The van der Waals surface area contributed by atoms with Crippen molar-refractivity contribution >= 4 is 16.0 Å². The van der Waals surface area contributed by atoms with Gasteiger partial charge in [-0.15, -0.1) is 0 Å². The van der Waals surface area contributed by atoms with Gasteiger partial charge < -0.3 is 4.74 Å². The van der Waals surface area contributed by atoms with E-state index in [0.717, 1.165) is 11.1 Å². The van der Waals surface area contributed by atoms with Gasteiger partial charge in [0, 0.05) is 13.0 Å². The molecule has 3 rings (SSSR count). The zero-order valence-corrected chi connectivity index (χ0v) is 14.4. The summed E-state index contributed by atoms with van der Waals surface area (Å²) in [4.78, 5) is 12.2. The molecule has 0 N–H and O–H groups in total. The van der Waals surface area contributed by atoms with Gasteiger partial charge in [-0.2, -0.15) is 9.57 Å². The van der Waals surface area contributed by atoms with Crippen molar-refractivity contribution in [1.29, 1.82) is 5.26 Å². The summed E-state index contributed by atoms with van der Waals surface area (Å²) < 4.78 is 32.1. The van der Waals surface area contributed by atoms with E-state index >= 15 is 0 Å². The van der Waals surface area contributed by atoms with E-state index in [1.165, 1.54) is 35.7 Å². The predicted octanol–water partition coefficient (Wildman–Crippen LogP) is 1.85. The molecule has 1 aliphatic rings. The second-order valence-electron chi connectivity index (χ2n) is 5.70. The lowest BCUT2D eigenvalue weighted by Crippen LogP contribution is -2.48. The van der Waals surface area contributed by atoms with Gasteiger partial charge in [0.15, 0.2) is 0 Å². The van der Waals surface area contributed by atoms with Crippen molar-refractivity contribution in [2.75, 3.05) is 7.11 Å². The lowest BCUT2D eigenvalue weighted by atomic mass is 9.96. The summed E-state index contributed by atoms with van der Waals surface area (Å²) in [6.45, 7) is 0.0955. The van der Waals surface area contributed by atoms with Gasteiger partial charge in [0.05, 0.1) is 23.6 Å². The highest BCUT2D eigenvalue weighted by Crippen LogP contribution is 2.29. The molecule has 1 atom stereocenters. The van der Waals surface area contributed by atoms with Crippen molar-refractivity contribution in [2.45, 2.75) is 23.9 Å².